The van der Waals surface area contributed by atoms with Crippen LogP contribution in [0.25, 0.3) is 0 Å². The maximum absolute atomic E-state index is 15.4. The molecule has 0 aromatic heterocycles. The highest BCUT2D eigenvalue weighted by atomic mass is 35.5. The van der Waals surface area contributed by atoms with Crippen molar-refractivity contribution in [3.63, 3.8) is 0 Å². The molecule has 0 bridgehead atoms. The highest BCUT2D eigenvalue weighted by molar-refractivity contribution is 7.18. The summed E-state index contributed by atoms with van der Waals surface area (Å²) in [7, 11) is 3.81. The second-order valence-electron chi connectivity index (χ2n) is 7.33. The first-order valence-corrected chi connectivity index (χ1v) is 9.86. The lowest BCUT2D eigenvalue weighted by molar-refractivity contribution is -0.0903. The molecule has 4 nitrogen and oxygen atoms in total. The van der Waals surface area contributed by atoms with E-state index < -0.39 is 11.0 Å². The summed E-state index contributed by atoms with van der Waals surface area (Å²) in [5, 5.41) is 5.57. The molecule has 0 aliphatic carbocycles. The Kier molecular flexibility index (Phi) is 5.53. The van der Waals surface area contributed by atoms with Crippen LogP contribution >= 0.6 is 20.8 Å². The molecule has 0 radical (unpaired) electrons. The fourth-order valence-corrected chi connectivity index (χ4v) is 4.10. The minimum Gasteiger partial charge on any atom is -0.380 e. The third-order valence-corrected chi connectivity index (χ3v) is 5.74. The minimum absolute atomic E-state index is 0.154. The van der Waals surface area contributed by atoms with E-state index in [0.29, 0.717) is 21.9 Å². The van der Waals surface area contributed by atoms with E-state index in [1.165, 1.54) is 6.92 Å². The van der Waals surface area contributed by atoms with E-state index >= 15 is 4.39 Å². The van der Waals surface area contributed by atoms with E-state index in [1.54, 1.807) is 25.2 Å². The van der Waals surface area contributed by atoms with E-state index in [1.807, 2.05) is 32.0 Å². The predicted octanol–water partition coefficient (Wildman–Crippen LogP) is 4.90. The molecule has 3 atom stereocenters. The largest absolute Gasteiger partial charge is 0.380 e. The minimum atomic E-state index is -1.79. The van der Waals surface area contributed by atoms with E-state index in [2.05, 4.69) is 19.7 Å². The molecule has 0 spiro atoms. The van der Waals surface area contributed by atoms with Gasteiger partial charge in [0.25, 0.3) is 5.91 Å². The Hall–Kier alpha value is -1.97. The molecule has 7 heteroatoms. The summed E-state index contributed by atoms with van der Waals surface area (Å²) in [4.78, 5) is 17.7. The monoisotopic (exact) mass is 420 g/mol. The quantitative estimate of drug-likeness (QED) is 0.715. The van der Waals surface area contributed by atoms with Crippen molar-refractivity contribution >= 4 is 32.5 Å². The molecule has 1 aliphatic rings. The van der Waals surface area contributed by atoms with Crippen LogP contribution < -0.4 is 5.32 Å². The number of halogens is 2. The second kappa shape index (κ2) is 7.46. The molecule has 0 saturated carbocycles. The molecule has 3 unspecified atom stereocenters. The number of nitrogens with one attached hydrogen (secondary N) is 1. The maximum Gasteiger partial charge on any atom is 0.251 e. The van der Waals surface area contributed by atoms with Gasteiger partial charge in [-0.3, -0.25) is 4.79 Å². The summed E-state index contributed by atoms with van der Waals surface area (Å²) in [6.45, 7) is 5.21. The first-order chi connectivity index (χ1) is 13.1. The van der Waals surface area contributed by atoms with Gasteiger partial charge in [0.05, 0.1) is 5.71 Å². The summed E-state index contributed by atoms with van der Waals surface area (Å²) in [6.07, 6.45) is 0.238. The van der Waals surface area contributed by atoms with Crippen molar-refractivity contribution in [3.05, 3.63) is 69.2 Å². The Balaban J connectivity index is 2.00. The normalized spacial score (nSPS) is 20.9. The van der Waals surface area contributed by atoms with Gasteiger partial charge in [-0.2, -0.15) is 0 Å². The van der Waals surface area contributed by atoms with Gasteiger partial charge in [0.1, 0.15) is 0 Å². The van der Waals surface area contributed by atoms with Crippen LogP contribution in [0.3, 0.4) is 0 Å². The van der Waals surface area contributed by atoms with E-state index in [4.69, 9.17) is 16.4 Å². The highest BCUT2D eigenvalue weighted by Crippen LogP contribution is 2.50. The van der Waals surface area contributed by atoms with E-state index in [9.17, 15) is 4.79 Å². The standard InChI is InChI=1S/C21H23ClFN2O2P/c1-12-7-15(10-16(22)8-12)21(20(3,23)28)11-18(25-27-21)14-5-6-17(13(2)9-14)19(26)24-4/h5-10H,11,28H2,1-4H3,(H,24,26). The molecule has 2 aromatic rings. The maximum atomic E-state index is 15.4. The van der Waals surface area contributed by atoms with E-state index in [0.717, 1.165) is 16.7 Å². The second-order valence-corrected chi connectivity index (χ2v) is 8.86. The van der Waals surface area contributed by atoms with Crippen molar-refractivity contribution in [1.29, 1.82) is 0 Å². The number of benzene rings is 2. The van der Waals surface area contributed by atoms with Crippen LogP contribution in [0.15, 0.2) is 41.6 Å². The van der Waals surface area contributed by atoms with Gasteiger partial charge in [-0.05, 0) is 61.7 Å². The van der Waals surface area contributed by atoms with Crippen molar-refractivity contribution < 1.29 is 14.0 Å². The van der Waals surface area contributed by atoms with Gasteiger partial charge in [-0.1, -0.05) is 38.1 Å². The average Bonchev–Trinajstić information content (AvgIpc) is 3.07. The Bertz CT molecular complexity index is 951. The number of hydrogen-bond donors (Lipinski definition) is 1. The summed E-state index contributed by atoms with van der Waals surface area (Å²) in [6, 6.07) is 10.8. The summed E-state index contributed by atoms with van der Waals surface area (Å²) < 4.78 is 15.4. The number of carbonyl (C=O) groups excluding carboxylic acids is 1. The fourth-order valence-electron chi connectivity index (χ4n) is 3.49. The zero-order valence-corrected chi connectivity index (χ0v) is 18.2. The molecule has 148 valence electrons. The van der Waals surface area contributed by atoms with Crippen LogP contribution in [-0.4, -0.2) is 24.1 Å². The van der Waals surface area contributed by atoms with Crippen LogP contribution in [0.5, 0.6) is 0 Å². The molecule has 1 N–H and O–H groups in total. The van der Waals surface area contributed by atoms with Crippen molar-refractivity contribution in [1.82, 2.24) is 5.32 Å². The number of aryl methyl sites for hydroxylation is 2. The molecular formula is C21H23ClFN2O2P. The zero-order chi connectivity index (χ0) is 20.7. The Morgan fingerprint density at radius 3 is 2.61 bits per heavy atom. The van der Waals surface area contributed by atoms with Gasteiger partial charge < -0.3 is 10.2 Å². The van der Waals surface area contributed by atoms with E-state index in [-0.39, 0.29) is 12.3 Å². The predicted molar refractivity (Wildman–Crippen MR) is 114 cm³/mol. The summed E-state index contributed by atoms with van der Waals surface area (Å²) in [5.41, 5.74) is 3.05. The lowest BCUT2D eigenvalue weighted by Gasteiger charge is -2.36. The van der Waals surface area contributed by atoms with Gasteiger partial charge >= 0.3 is 0 Å². The number of rotatable bonds is 4. The van der Waals surface area contributed by atoms with Gasteiger partial charge in [0, 0.05) is 29.6 Å². The molecule has 1 heterocycles. The number of amides is 1. The first-order valence-electron chi connectivity index (χ1n) is 8.91. The number of oxime groups is 1. The van der Waals surface area contributed by atoms with Crippen LogP contribution in [0.1, 0.15) is 46.0 Å². The van der Waals surface area contributed by atoms with Gasteiger partial charge in [-0.15, -0.1) is 0 Å². The summed E-state index contributed by atoms with van der Waals surface area (Å²) >= 11 is 6.22. The van der Waals surface area contributed by atoms with Gasteiger partial charge in [0.15, 0.2) is 5.41 Å². The molecule has 0 saturated heterocycles. The molecule has 0 fully saturated rings. The number of nitrogens with zero attached hydrogens (tertiary/aromatic N) is 1. The fraction of sp³-hybridized carbons (Fsp3) is 0.333. The molecule has 1 amide bonds. The molecule has 2 aromatic carbocycles. The van der Waals surface area contributed by atoms with Gasteiger partial charge in [-0.25, -0.2) is 4.39 Å². The third-order valence-electron chi connectivity index (χ3n) is 5.06. The Labute approximate surface area is 171 Å². The molecule has 3 rings (SSSR count). The van der Waals surface area contributed by atoms with Crippen molar-refractivity contribution in [2.45, 2.75) is 38.2 Å². The molecule has 1 aliphatic heterocycles. The smallest absolute Gasteiger partial charge is 0.251 e. The Morgan fingerprint density at radius 1 is 1.32 bits per heavy atom. The third kappa shape index (κ3) is 3.66. The molecule has 28 heavy (non-hydrogen) atoms. The van der Waals surface area contributed by atoms with Crippen LogP contribution in [0.4, 0.5) is 4.39 Å². The lowest BCUT2D eigenvalue weighted by atomic mass is 9.82. The number of carbonyl (C=O) groups is 1. The number of alkyl halides is 1. The average molecular weight is 421 g/mol. The summed E-state index contributed by atoms with van der Waals surface area (Å²) in [5.74, 6) is -0.154. The van der Waals surface area contributed by atoms with Crippen LogP contribution in [0, 0.1) is 13.8 Å². The highest BCUT2D eigenvalue weighted by Gasteiger charge is 2.54. The Morgan fingerprint density at radius 2 is 2.04 bits per heavy atom. The molecular weight excluding hydrogens is 398 g/mol. The van der Waals surface area contributed by atoms with Crippen molar-refractivity contribution in [3.8, 4) is 0 Å². The first kappa shape index (κ1) is 20.8. The lowest BCUT2D eigenvalue weighted by Crippen LogP contribution is -2.42. The van der Waals surface area contributed by atoms with Gasteiger partial charge in [0.2, 0.25) is 5.60 Å². The van der Waals surface area contributed by atoms with Crippen molar-refractivity contribution in [2.75, 3.05) is 7.05 Å². The van der Waals surface area contributed by atoms with Crippen molar-refractivity contribution in [2.24, 2.45) is 5.16 Å². The number of hydrogen-bond acceptors (Lipinski definition) is 3. The van der Waals surface area contributed by atoms with Crippen LogP contribution in [0.2, 0.25) is 5.02 Å². The topological polar surface area (TPSA) is 50.7 Å². The SMILES string of the molecule is CNC(=O)c1ccc(C2=NOC(c3cc(C)cc(Cl)c3)(C(C)(F)P)C2)cc1C. The van der Waals surface area contributed by atoms with Crippen LogP contribution in [-0.2, 0) is 10.4 Å². The zero-order valence-electron chi connectivity index (χ0n) is 16.3.